The average molecular weight is 413 g/mol. The molecule has 2 heterocycles. The van der Waals surface area contributed by atoms with Gasteiger partial charge in [0, 0.05) is 6.54 Å². The van der Waals surface area contributed by atoms with Crippen molar-refractivity contribution in [2.45, 2.75) is 56.1 Å². The number of carbonyl (C=O) groups is 1. The molecule has 1 aliphatic rings. The lowest BCUT2D eigenvalue weighted by molar-refractivity contribution is -0.121. The number of benzene rings is 1. The van der Waals surface area contributed by atoms with E-state index in [-0.39, 0.29) is 17.2 Å². The number of nitrogens with zero attached hydrogens (tertiary/aromatic N) is 3. The number of thiophene rings is 1. The van der Waals surface area contributed by atoms with Gasteiger partial charge in [-0.05, 0) is 55.7 Å². The highest BCUT2D eigenvalue weighted by molar-refractivity contribution is 8.00. The Morgan fingerprint density at radius 3 is 2.96 bits per heavy atom. The predicted molar refractivity (Wildman–Crippen MR) is 115 cm³/mol. The van der Waals surface area contributed by atoms with Crippen molar-refractivity contribution in [3.05, 3.63) is 52.9 Å². The maximum absolute atomic E-state index is 12.9. The Labute approximate surface area is 173 Å². The van der Waals surface area contributed by atoms with Gasteiger partial charge in [-0.25, -0.2) is 0 Å². The fraction of sp³-hybridized carbons (Fsp3) is 0.381. The average Bonchev–Trinajstić information content (AvgIpc) is 3.37. The summed E-state index contributed by atoms with van der Waals surface area (Å²) in [4.78, 5) is 14.0. The summed E-state index contributed by atoms with van der Waals surface area (Å²) < 4.78 is 2.08. The minimum atomic E-state index is -0.236. The van der Waals surface area contributed by atoms with Crippen LogP contribution in [0, 0.1) is 0 Å². The number of rotatable bonds is 6. The van der Waals surface area contributed by atoms with Gasteiger partial charge >= 0.3 is 0 Å². The Morgan fingerprint density at radius 1 is 1.32 bits per heavy atom. The van der Waals surface area contributed by atoms with Crippen LogP contribution in [0.1, 0.15) is 43.9 Å². The highest BCUT2D eigenvalue weighted by Gasteiger charge is 2.25. The molecular weight excluding hydrogens is 388 g/mol. The minimum Gasteiger partial charge on any atom is -0.348 e. The van der Waals surface area contributed by atoms with Gasteiger partial charge in [-0.3, -0.25) is 4.79 Å². The van der Waals surface area contributed by atoms with E-state index in [0.29, 0.717) is 0 Å². The summed E-state index contributed by atoms with van der Waals surface area (Å²) in [5.74, 6) is 0.920. The number of aromatic nitrogens is 3. The van der Waals surface area contributed by atoms with E-state index in [2.05, 4.69) is 51.3 Å². The van der Waals surface area contributed by atoms with Crippen molar-refractivity contribution in [3.63, 3.8) is 0 Å². The molecule has 0 saturated heterocycles. The van der Waals surface area contributed by atoms with Crippen molar-refractivity contribution in [1.29, 1.82) is 0 Å². The van der Waals surface area contributed by atoms with Gasteiger partial charge in [-0.15, -0.1) is 21.5 Å². The molecule has 0 saturated carbocycles. The number of nitrogens with one attached hydrogen (secondary N) is 1. The van der Waals surface area contributed by atoms with E-state index < -0.39 is 0 Å². The van der Waals surface area contributed by atoms with E-state index in [1.54, 1.807) is 11.3 Å². The zero-order chi connectivity index (χ0) is 19.5. The number of carbonyl (C=O) groups excluding carboxylic acids is 1. The van der Waals surface area contributed by atoms with E-state index in [1.165, 1.54) is 22.9 Å². The standard InChI is InChI=1S/C21H24N4OS2/c1-3-25-19(18-12-7-13-27-18)23-24-21(25)28-14(2)20(26)22-17-11-6-9-15-8-4-5-10-16(15)17/h4-5,7-8,10,12-14,17H,3,6,9,11H2,1-2H3,(H,22,26)/t14-,17+/m1/s1. The van der Waals surface area contributed by atoms with Crippen LogP contribution in [0.4, 0.5) is 0 Å². The van der Waals surface area contributed by atoms with Crippen LogP contribution in [0.15, 0.2) is 46.9 Å². The lowest BCUT2D eigenvalue weighted by Gasteiger charge is -2.27. The SMILES string of the molecule is CCn1c(S[C@H](C)C(=O)N[C@H]2CCCc3ccccc32)nnc1-c1cccs1. The molecule has 3 aromatic rings. The first-order valence-corrected chi connectivity index (χ1v) is 11.4. The maximum Gasteiger partial charge on any atom is 0.233 e. The lowest BCUT2D eigenvalue weighted by atomic mass is 9.88. The second kappa shape index (κ2) is 8.49. The van der Waals surface area contributed by atoms with Crippen LogP contribution in [0.3, 0.4) is 0 Å². The Kier molecular flexibility index (Phi) is 5.82. The number of hydrogen-bond donors (Lipinski definition) is 1. The number of thioether (sulfide) groups is 1. The van der Waals surface area contributed by atoms with Crippen molar-refractivity contribution in [3.8, 4) is 10.7 Å². The monoisotopic (exact) mass is 412 g/mol. The number of hydrogen-bond acceptors (Lipinski definition) is 5. The van der Waals surface area contributed by atoms with E-state index in [9.17, 15) is 4.79 Å². The number of fused-ring (bicyclic) bond motifs is 1. The second-order valence-electron chi connectivity index (χ2n) is 6.94. The van der Waals surface area contributed by atoms with Crippen molar-refractivity contribution in [2.24, 2.45) is 0 Å². The van der Waals surface area contributed by atoms with Crippen molar-refractivity contribution < 1.29 is 4.79 Å². The van der Waals surface area contributed by atoms with Crippen LogP contribution in [-0.4, -0.2) is 25.9 Å². The molecule has 0 spiro atoms. The van der Waals surface area contributed by atoms with Crippen LogP contribution < -0.4 is 5.32 Å². The van der Waals surface area contributed by atoms with Crippen LogP contribution in [-0.2, 0) is 17.8 Å². The second-order valence-corrected chi connectivity index (χ2v) is 9.20. The summed E-state index contributed by atoms with van der Waals surface area (Å²) >= 11 is 3.12. The molecule has 2 atom stereocenters. The fourth-order valence-electron chi connectivity index (χ4n) is 3.65. The Balaban J connectivity index is 1.46. The Bertz CT molecular complexity index is 951. The van der Waals surface area contributed by atoms with E-state index in [0.717, 1.165) is 41.7 Å². The van der Waals surface area contributed by atoms with E-state index >= 15 is 0 Å². The van der Waals surface area contributed by atoms with Gasteiger partial charge in [-0.1, -0.05) is 42.1 Å². The highest BCUT2D eigenvalue weighted by atomic mass is 32.2. The normalized spacial score (nSPS) is 17.1. The van der Waals surface area contributed by atoms with E-state index in [1.807, 2.05) is 24.4 Å². The summed E-state index contributed by atoms with van der Waals surface area (Å²) in [5, 5.41) is 14.6. The first-order valence-electron chi connectivity index (χ1n) is 9.69. The van der Waals surface area contributed by atoms with Gasteiger partial charge in [0.2, 0.25) is 5.91 Å². The summed E-state index contributed by atoms with van der Waals surface area (Å²) in [6.07, 6.45) is 3.20. The van der Waals surface area contributed by atoms with Gasteiger partial charge in [0.1, 0.15) is 0 Å². The third kappa shape index (κ3) is 3.86. The molecule has 1 aromatic carbocycles. The topological polar surface area (TPSA) is 59.8 Å². The number of amides is 1. The predicted octanol–water partition coefficient (Wildman–Crippen LogP) is 4.70. The highest BCUT2D eigenvalue weighted by Crippen LogP contribution is 2.32. The van der Waals surface area contributed by atoms with Crippen LogP contribution in [0.5, 0.6) is 0 Å². The van der Waals surface area contributed by atoms with Crippen LogP contribution in [0.2, 0.25) is 0 Å². The lowest BCUT2D eigenvalue weighted by Crippen LogP contribution is -2.36. The quantitative estimate of drug-likeness (QED) is 0.596. The van der Waals surface area contributed by atoms with Crippen LogP contribution >= 0.6 is 23.1 Å². The fourth-order valence-corrected chi connectivity index (χ4v) is 5.29. The Hall–Kier alpha value is -2.12. The molecule has 1 aliphatic carbocycles. The summed E-state index contributed by atoms with van der Waals surface area (Å²) in [6, 6.07) is 12.6. The van der Waals surface area contributed by atoms with Gasteiger partial charge in [-0.2, -0.15) is 0 Å². The Morgan fingerprint density at radius 2 is 2.18 bits per heavy atom. The largest absolute Gasteiger partial charge is 0.348 e. The molecular formula is C21H24N4OS2. The molecule has 4 rings (SSSR count). The van der Waals surface area contributed by atoms with Crippen molar-refractivity contribution in [1.82, 2.24) is 20.1 Å². The maximum atomic E-state index is 12.9. The van der Waals surface area contributed by atoms with Gasteiger partial charge < -0.3 is 9.88 Å². The minimum absolute atomic E-state index is 0.0510. The molecule has 0 aliphatic heterocycles. The van der Waals surface area contributed by atoms with Gasteiger partial charge in [0.15, 0.2) is 11.0 Å². The van der Waals surface area contributed by atoms with Crippen molar-refractivity contribution in [2.75, 3.05) is 0 Å². The molecule has 0 fully saturated rings. The third-order valence-electron chi connectivity index (χ3n) is 5.11. The molecule has 2 aromatic heterocycles. The smallest absolute Gasteiger partial charge is 0.233 e. The third-order valence-corrected chi connectivity index (χ3v) is 7.06. The molecule has 1 N–H and O–H groups in total. The van der Waals surface area contributed by atoms with Crippen LogP contribution in [0.25, 0.3) is 10.7 Å². The molecule has 146 valence electrons. The summed E-state index contributed by atoms with van der Waals surface area (Å²) in [7, 11) is 0. The molecule has 5 nitrogen and oxygen atoms in total. The first-order chi connectivity index (χ1) is 13.7. The summed E-state index contributed by atoms with van der Waals surface area (Å²) in [6.45, 7) is 4.79. The van der Waals surface area contributed by atoms with E-state index in [4.69, 9.17) is 0 Å². The van der Waals surface area contributed by atoms with Crippen molar-refractivity contribution >= 4 is 29.0 Å². The molecule has 1 amide bonds. The molecule has 0 unspecified atom stereocenters. The molecule has 0 bridgehead atoms. The van der Waals surface area contributed by atoms with Gasteiger partial charge in [0.25, 0.3) is 0 Å². The zero-order valence-electron chi connectivity index (χ0n) is 16.1. The molecule has 28 heavy (non-hydrogen) atoms. The molecule has 0 radical (unpaired) electrons. The first kappa shape index (κ1) is 19.2. The molecule has 7 heteroatoms. The summed E-state index contributed by atoms with van der Waals surface area (Å²) in [5.41, 5.74) is 2.61. The number of aryl methyl sites for hydroxylation is 1. The van der Waals surface area contributed by atoms with Gasteiger partial charge in [0.05, 0.1) is 16.2 Å². The zero-order valence-corrected chi connectivity index (χ0v) is 17.7.